The highest BCUT2D eigenvalue weighted by Crippen LogP contribution is 2.52. The predicted octanol–water partition coefficient (Wildman–Crippen LogP) is 5.40. The van der Waals surface area contributed by atoms with Gasteiger partial charge in [0.1, 0.15) is 0 Å². The number of hydrogen-bond acceptors (Lipinski definition) is 6. The summed E-state index contributed by atoms with van der Waals surface area (Å²) in [5, 5.41) is 0.925. The number of pyridine rings is 1. The van der Waals surface area contributed by atoms with Crippen molar-refractivity contribution in [1.82, 2.24) is 4.98 Å². The van der Waals surface area contributed by atoms with E-state index >= 15 is 0 Å². The molecule has 0 fully saturated rings. The fourth-order valence-electron chi connectivity index (χ4n) is 3.30. The second kappa shape index (κ2) is 7.92. The molecule has 146 valence electrons. The first-order valence-electron chi connectivity index (χ1n) is 9.28. The highest BCUT2D eigenvalue weighted by atomic mass is 31.2. The molecular weight excluding hydrogens is 377 g/mol. The third-order valence-electron chi connectivity index (χ3n) is 4.47. The topological polar surface area (TPSA) is 66.9 Å². The van der Waals surface area contributed by atoms with Crippen LogP contribution in [0.1, 0.15) is 19.5 Å². The van der Waals surface area contributed by atoms with Crippen LogP contribution in [0.4, 0.5) is 0 Å². The first-order chi connectivity index (χ1) is 13.6. The number of ether oxygens (including phenoxy) is 2. The van der Waals surface area contributed by atoms with Crippen LogP contribution in [-0.4, -0.2) is 25.0 Å². The van der Waals surface area contributed by atoms with Gasteiger partial charge in [-0.3, -0.25) is 9.55 Å². The number of fused-ring (bicyclic) bond motifs is 2. The fraction of sp³-hybridized carbons (Fsp3) is 0.286. The summed E-state index contributed by atoms with van der Waals surface area (Å²) in [5.74, 6) is 1.37. The molecule has 0 bridgehead atoms. The highest BCUT2D eigenvalue weighted by Gasteiger charge is 2.27. The van der Waals surface area contributed by atoms with E-state index in [1.807, 2.05) is 48.5 Å². The lowest BCUT2D eigenvalue weighted by Crippen LogP contribution is -2.03. The SMILES string of the molecule is CCOP(=O)(Cc1nc2cc3c(cc2cc1-c1ccccc1)OCO3)OCC. The van der Waals surface area contributed by atoms with Gasteiger partial charge in [-0.25, -0.2) is 0 Å². The van der Waals surface area contributed by atoms with Gasteiger partial charge in [-0.15, -0.1) is 0 Å². The standard InChI is InChI=1S/C21H22NO5P/c1-3-26-28(23,27-4-2)13-19-17(15-8-6-5-7-9-15)10-16-11-20-21(25-14-24-20)12-18(16)22-19/h5-12H,3-4,13-14H2,1-2H3. The summed E-state index contributed by atoms with van der Waals surface area (Å²) in [6, 6.07) is 15.7. The van der Waals surface area contributed by atoms with Crippen molar-refractivity contribution in [2.45, 2.75) is 20.0 Å². The van der Waals surface area contributed by atoms with Gasteiger partial charge in [0.2, 0.25) is 6.79 Å². The van der Waals surface area contributed by atoms with Crippen molar-refractivity contribution in [3.05, 3.63) is 54.2 Å². The van der Waals surface area contributed by atoms with Crippen LogP contribution >= 0.6 is 7.60 Å². The van der Waals surface area contributed by atoms with Crippen molar-refractivity contribution in [2.24, 2.45) is 0 Å². The Balaban J connectivity index is 1.87. The van der Waals surface area contributed by atoms with Crippen molar-refractivity contribution >= 4 is 18.5 Å². The van der Waals surface area contributed by atoms with Crippen LogP contribution in [-0.2, 0) is 19.8 Å². The quantitative estimate of drug-likeness (QED) is 0.496. The summed E-state index contributed by atoms with van der Waals surface area (Å²) in [5.41, 5.74) is 3.30. The van der Waals surface area contributed by atoms with Crippen molar-refractivity contribution < 1.29 is 23.1 Å². The maximum absolute atomic E-state index is 13.2. The zero-order valence-electron chi connectivity index (χ0n) is 15.9. The molecule has 6 nitrogen and oxygen atoms in total. The fourth-order valence-corrected chi connectivity index (χ4v) is 4.95. The minimum atomic E-state index is -3.30. The Hall–Kier alpha value is -2.40. The molecule has 0 N–H and O–H groups in total. The molecule has 0 amide bonds. The summed E-state index contributed by atoms with van der Waals surface area (Å²) < 4.78 is 35.1. The average molecular weight is 399 g/mol. The van der Waals surface area contributed by atoms with Crippen LogP contribution in [0.25, 0.3) is 22.0 Å². The molecule has 0 saturated heterocycles. The second-order valence-corrected chi connectivity index (χ2v) is 8.41. The number of benzene rings is 2. The molecule has 1 aromatic heterocycles. The van der Waals surface area contributed by atoms with Gasteiger partial charge < -0.3 is 18.5 Å². The van der Waals surface area contributed by atoms with E-state index in [4.69, 9.17) is 23.5 Å². The molecule has 0 atom stereocenters. The monoisotopic (exact) mass is 399 g/mol. The van der Waals surface area contributed by atoms with Crippen molar-refractivity contribution in [3.63, 3.8) is 0 Å². The zero-order valence-corrected chi connectivity index (χ0v) is 16.8. The maximum Gasteiger partial charge on any atom is 0.336 e. The molecule has 2 aromatic carbocycles. The third-order valence-corrected chi connectivity index (χ3v) is 6.46. The number of hydrogen-bond donors (Lipinski definition) is 0. The number of nitrogens with zero attached hydrogens (tertiary/aromatic N) is 1. The molecule has 2 heterocycles. The second-order valence-electron chi connectivity index (χ2n) is 6.35. The highest BCUT2D eigenvalue weighted by molar-refractivity contribution is 7.53. The Labute approximate surface area is 163 Å². The summed E-state index contributed by atoms with van der Waals surface area (Å²) >= 11 is 0. The van der Waals surface area contributed by atoms with Crippen LogP contribution in [0.2, 0.25) is 0 Å². The van der Waals surface area contributed by atoms with Gasteiger partial charge >= 0.3 is 7.60 Å². The van der Waals surface area contributed by atoms with E-state index in [2.05, 4.69) is 0 Å². The van der Waals surface area contributed by atoms with Crippen LogP contribution in [0.5, 0.6) is 11.5 Å². The minimum Gasteiger partial charge on any atom is -0.454 e. The molecule has 4 rings (SSSR count). The van der Waals surface area contributed by atoms with E-state index < -0.39 is 7.60 Å². The minimum absolute atomic E-state index is 0.100. The number of aromatic nitrogens is 1. The molecule has 0 unspecified atom stereocenters. The smallest absolute Gasteiger partial charge is 0.336 e. The lowest BCUT2D eigenvalue weighted by Gasteiger charge is -2.19. The lowest BCUT2D eigenvalue weighted by atomic mass is 10.0. The van der Waals surface area contributed by atoms with Gasteiger partial charge in [0.25, 0.3) is 0 Å². The van der Waals surface area contributed by atoms with Crippen LogP contribution in [0.15, 0.2) is 48.5 Å². The Morgan fingerprint density at radius 1 is 1.00 bits per heavy atom. The first kappa shape index (κ1) is 18.9. The van der Waals surface area contributed by atoms with E-state index in [9.17, 15) is 4.57 Å². The first-order valence-corrected chi connectivity index (χ1v) is 11.0. The van der Waals surface area contributed by atoms with Crippen molar-refractivity contribution in [3.8, 4) is 22.6 Å². The van der Waals surface area contributed by atoms with Gasteiger partial charge in [0.05, 0.1) is 30.6 Å². The van der Waals surface area contributed by atoms with Crippen LogP contribution in [0, 0.1) is 0 Å². The van der Waals surface area contributed by atoms with E-state index in [0.29, 0.717) is 30.4 Å². The molecule has 28 heavy (non-hydrogen) atoms. The van der Waals surface area contributed by atoms with Crippen LogP contribution in [0.3, 0.4) is 0 Å². The van der Waals surface area contributed by atoms with Gasteiger partial charge in [-0.2, -0.15) is 0 Å². The summed E-state index contributed by atoms with van der Waals surface area (Å²) in [6.07, 6.45) is 0.100. The van der Waals surface area contributed by atoms with E-state index in [1.165, 1.54) is 0 Å². The molecule has 0 spiro atoms. The summed E-state index contributed by atoms with van der Waals surface area (Å²) in [7, 11) is -3.30. The Kier molecular flexibility index (Phi) is 5.36. The van der Waals surface area contributed by atoms with Crippen molar-refractivity contribution in [2.75, 3.05) is 20.0 Å². The summed E-state index contributed by atoms with van der Waals surface area (Å²) in [6.45, 7) is 4.43. The average Bonchev–Trinajstić information content (AvgIpc) is 3.14. The Bertz CT molecular complexity index is 1030. The Morgan fingerprint density at radius 3 is 2.36 bits per heavy atom. The molecule has 0 saturated carbocycles. The molecule has 1 aliphatic heterocycles. The normalized spacial score (nSPS) is 13.2. The number of rotatable bonds is 7. The van der Waals surface area contributed by atoms with Crippen LogP contribution < -0.4 is 9.47 Å². The van der Waals surface area contributed by atoms with Gasteiger partial charge in [0.15, 0.2) is 11.5 Å². The molecular formula is C21H22NO5P. The van der Waals surface area contributed by atoms with E-state index in [0.717, 1.165) is 22.0 Å². The molecule has 0 aliphatic carbocycles. The van der Waals surface area contributed by atoms with E-state index in [-0.39, 0.29) is 13.0 Å². The maximum atomic E-state index is 13.2. The molecule has 0 radical (unpaired) electrons. The van der Waals surface area contributed by atoms with Crippen molar-refractivity contribution in [1.29, 1.82) is 0 Å². The predicted molar refractivity (Wildman–Crippen MR) is 108 cm³/mol. The molecule has 3 aromatic rings. The lowest BCUT2D eigenvalue weighted by molar-refractivity contribution is 0.174. The summed E-state index contributed by atoms with van der Waals surface area (Å²) in [4.78, 5) is 4.81. The Morgan fingerprint density at radius 2 is 1.68 bits per heavy atom. The third kappa shape index (κ3) is 3.76. The van der Waals surface area contributed by atoms with Gasteiger partial charge in [-0.05, 0) is 31.5 Å². The zero-order chi connectivity index (χ0) is 19.6. The van der Waals surface area contributed by atoms with Gasteiger partial charge in [-0.1, -0.05) is 30.3 Å². The molecule has 7 heteroatoms. The van der Waals surface area contributed by atoms with E-state index in [1.54, 1.807) is 13.8 Å². The van der Waals surface area contributed by atoms with Gasteiger partial charge in [0, 0.05) is 17.0 Å². The molecule has 1 aliphatic rings. The largest absolute Gasteiger partial charge is 0.454 e.